The average molecular weight is 412 g/mol. The maximum atomic E-state index is 13.8. The van der Waals surface area contributed by atoms with Crippen molar-refractivity contribution in [2.75, 3.05) is 13.6 Å². The van der Waals surface area contributed by atoms with E-state index in [2.05, 4.69) is 10.6 Å². The van der Waals surface area contributed by atoms with Gasteiger partial charge in [0.05, 0.1) is 36.7 Å². The molecule has 2 N–H and O–H groups in total. The topological polar surface area (TPSA) is 94.9 Å². The Balaban J connectivity index is 1.56. The lowest BCUT2D eigenvalue weighted by atomic mass is 9.95. The van der Waals surface area contributed by atoms with Gasteiger partial charge in [-0.1, -0.05) is 12.1 Å². The Kier molecular flexibility index (Phi) is 5.03. The number of carbonyl (C=O) groups is 3. The normalized spacial score (nSPS) is 19.6. The molecule has 4 rings (SSSR count). The van der Waals surface area contributed by atoms with E-state index in [1.807, 2.05) is 0 Å². The van der Waals surface area contributed by atoms with Crippen LogP contribution in [-0.4, -0.2) is 47.3 Å². The van der Waals surface area contributed by atoms with Crippen molar-refractivity contribution < 1.29 is 23.2 Å². The van der Waals surface area contributed by atoms with Crippen LogP contribution in [0.5, 0.6) is 0 Å². The fourth-order valence-corrected chi connectivity index (χ4v) is 3.71. The van der Waals surface area contributed by atoms with Crippen LogP contribution in [0, 0.1) is 5.82 Å². The summed E-state index contributed by atoms with van der Waals surface area (Å²) in [5, 5.41) is 5.49. The molecular formula is C21H21FN4O4. The van der Waals surface area contributed by atoms with Gasteiger partial charge >= 0.3 is 6.03 Å². The first-order valence-electron chi connectivity index (χ1n) is 9.50. The molecule has 30 heavy (non-hydrogen) atoms. The minimum Gasteiger partial charge on any atom is -0.467 e. The second-order valence-corrected chi connectivity index (χ2v) is 7.26. The Labute approximate surface area is 172 Å². The third-order valence-electron chi connectivity index (χ3n) is 5.43. The number of hydrogen-bond acceptors (Lipinski definition) is 4. The highest BCUT2D eigenvalue weighted by atomic mass is 19.1. The van der Waals surface area contributed by atoms with E-state index in [1.54, 1.807) is 32.2 Å². The van der Waals surface area contributed by atoms with E-state index in [0.717, 1.165) is 0 Å². The smallest absolute Gasteiger partial charge is 0.322 e. The Morgan fingerprint density at radius 1 is 1.33 bits per heavy atom. The van der Waals surface area contributed by atoms with Gasteiger partial charge < -0.3 is 20.0 Å². The molecule has 2 aliphatic heterocycles. The Hall–Kier alpha value is -3.62. The third-order valence-corrected chi connectivity index (χ3v) is 5.43. The summed E-state index contributed by atoms with van der Waals surface area (Å²) >= 11 is 0. The monoisotopic (exact) mass is 412 g/mol. The van der Waals surface area contributed by atoms with E-state index in [-0.39, 0.29) is 24.9 Å². The van der Waals surface area contributed by atoms with Crippen LogP contribution < -0.4 is 10.6 Å². The number of nitrogens with zero attached hydrogens (tertiary/aromatic N) is 2. The van der Waals surface area contributed by atoms with Crippen molar-refractivity contribution in [3.05, 3.63) is 71.1 Å². The molecule has 0 fully saturated rings. The van der Waals surface area contributed by atoms with E-state index >= 15 is 0 Å². The molecule has 0 bridgehead atoms. The highest BCUT2D eigenvalue weighted by molar-refractivity contribution is 6.03. The van der Waals surface area contributed by atoms with Crippen molar-refractivity contribution in [3.63, 3.8) is 0 Å². The van der Waals surface area contributed by atoms with Gasteiger partial charge in [-0.15, -0.1) is 0 Å². The van der Waals surface area contributed by atoms with E-state index in [4.69, 9.17) is 4.42 Å². The molecule has 0 saturated heterocycles. The summed E-state index contributed by atoms with van der Waals surface area (Å²) < 4.78 is 19.0. The third kappa shape index (κ3) is 3.42. The molecule has 1 aromatic carbocycles. The lowest BCUT2D eigenvalue weighted by Gasteiger charge is -2.31. The van der Waals surface area contributed by atoms with Crippen molar-refractivity contribution >= 4 is 17.8 Å². The largest absolute Gasteiger partial charge is 0.467 e. The summed E-state index contributed by atoms with van der Waals surface area (Å²) in [5.74, 6) is -0.576. The van der Waals surface area contributed by atoms with Gasteiger partial charge in [-0.3, -0.25) is 14.5 Å². The quantitative estimate of drug-likeness (QED) is 0.785. The minimum absolute atomic E-state index is 0.110. The fourth-order valence-electron chi connectivity index (χ4n) is 3.71. The van der Waals surface area contributed by atoms with Gasteiger partial charge in [0.25, 0.3) is 5.91 Å². The van der Waals surface area contributed by atoms with Gasteiger partial charge in [0.1, 0.15) is 17.6 Å². The summed E-state index contributed by atoms with van der Waals surface area (Å²) in [6, 6.07) is 7.27. The Morgan fingerprint density at radius 3 is 2.83 bits per heavy atom. The molecule has 2 aliphatic rings. The first-order valence-corrected chi connectivity index (χ1v) is 9.50. The number of halogens is 1. The molecule has 2 aromatic rings. The number of benzene rings is 1. The van der Waals surface area contributed by atoms with Crippen LogP contribution in [0.25, 0.3) is 0 Å². The molecule has 9 heteroatoms. The van der Waals surface area contributed by atoms with E-state index in [9.17, 15) is 18.8 Å². The van der Waals surface area contributed by atoms with Crippen LogP contribution in [0.15, 0.2) is 58.3 Å². The molecule has 2 atom stereocenters. The van der Waals surface area contributed by atoms with Gasteiger partial charge in [0.15, 0.2) is 0 Å². The van der Waals surface area contributed by atoms with Gasteiger partial charge in [-0.05, 0) is 36.8 Å². The summed E-state index contributed by atoms with van der Waals surface area (Å²) in [7, 11) is 1.56. The van der Waals surface area contributed by atoms with Crippen molar-refractivity contribution in [1.82, 2.24) is 20.4 Å². The Morgan fingerprint density at radius 2 is 2.13 bits per heavy atom. The highest BCUT2D eigenvalue weighted by Crippen LogP contribution is 2.36. The number of nitrogens with one attached hydrogen (secondary N) is 2. The molecule has 0 unspecified atom stereocenters. The van der Waals surface area contributed by atoms with Crippen LogP contribution in [0.2, 0.25) is 0 Å². The molecule has 156 valence electrons. The van der Waals surface area contributed by atoms with Crippen molar-refractivity contribution in [2.24, 2.45) is 0 Å². The number of furan rings is 1. The number of urea groups is 1. The summed E-state index contributed by atoms with van der Waals surface area (Å²) in [4.78, 5) is 41.0. The van der Waals surface area contributed by atoms with E-state index < -0.39 is 23.9 Å². The van der Waals surface area contributed by atoms with Gasteiger partial charge in [-0.2, -0.15) is 0 Å². The molecule has 3 heterocycles. The fraction of sp³-hybridized carbons (Fsp3) is 0.286. The van der Waals surface area contributed by atoms with Crippen molar-refractivity contribution in [3.8, 4) is 0 Å². The SMILES string of the molecule is C[C@H](C(=O)NCc1ccco1)N1CC2=C(C1=O)[C@H](c1cccc(F)c1)NC(=O)N2C. The van der Waals surface area contributed by atoms with Crippen molar-refractivity contribution in [1.29, 1.82) is 0 Å². The Bertz CT molecular complexity index is 1030. The molecule has 1 aromatic heterocycles. The van der Waals surface area contributed by atoms with E-state index in [0.29, 0.717) is 22.6 Å². The lowest BCUT2D eigenvalue weighted by molar-refractivity contribution is -0.135. The predicted octanol–water partition coefficient (Wildman–Crippen LogP) is 1.92. The maximum absolute atomic E-state index is 13.8. The van der Waals surface area contributed by atoms with Gasteiger partial charge in [0, 0.05) is 7.05 Å². The number of hydrogen-bond donors (Lipinski definition) is 2. The first kappa shape index (κ1) is 19.7. The molecule has 0 radical (unpaired) electrons. The summed E-state index contributed by atoms with van der Waals surface area (Å²) in [6.07, 6.45) is 1.51. The molecule has 0 spiro atoms. The van der Waals surface area contributed by atoms with Crippen LogP contribution >= 0.6 is 0 Å². The van der Waals surface area contributed by atoms with Gasteiger partial charge in [-0.25, -0.2) is 9.18 Å². The standard InChI is InChI=1S/C21H21FN4O4/c1-12(19(27)23-10-15-7-4-8-30-15)26-11-16-17(20(26)28)18(24-21(29)25(16)2)13-5-3-6-14(22)9-13/h3-9,12,18H,10-11H2,1-2H3,(H,23,27)(H,24,29)/t12-,18+/m1/s1. The number of carbonyl (C=O) groups excluding carboxylic acids is 3. The average Bonchev–Trinajstić information content (AvgIpc) is 3.36. The predicted molar refractivity (Wildman–Crippen MR) is 104 cm³/mol. The first-order chi connectivity index (χ1) is 14.4. The van der Waals surface area contributed by atoms with Gasteiger partial charge in [0.2, 0.25) is 5.91 Å². The van der Waals surface area contributed by atoms with Crippen LogP contribution in [0.3, 0.4) is 0 Å². The van der Waals surface area contributed by atoms with Crippen LogP contribution in [0.4, 0.5) is 9.18 Å². The molecule has 4 amide bonds. The summed E-state index contributed by atoms with van der Waals surface area (Å²) in [5.41, 5.74) is 1.31. The molecule has 0 saturated carbocycles. The zero-order valence-electron chi connectivity index (χ0n) is 16.5. The minimum atomic E-state index is -0.782. The van der Waals surface area contributed by atoms with E-state index in [1.165, 1.54) is 34.3 Å². The number of rotatable bonds is 5. The zero-order chi connectivity index (χ0) is 21.4. The lowest BCUT2D eigenvalue weighted by Crippen LogP contribution is -2.46. The second-order valence-electron chi connectivity index (χ2n) is 7.26. The van der Waals surface area contributed by atoms with Crippen LogP contribution in [-0.2, 0) is 16.1 Å². The summed E-state index contributed by atoms with van der Waals surface area (Å²) in [6.45, 7) is 1.94. The highest BCUT2D eigenvalue weighted by Gasteiger charge is 2.45. The molecule has 0 aliphatic carbocycles. The zero-order valence-corrected chi connectivity index (χ0v) is 16.5. The van der Waals surface area contributed by atoms with Crippen LogP contribution in [0.1, 0.15) is 24.3 Å². The van der Waals surface area contributed by atoms with Crippen molar-refractivity contribution in [2.45, 2.75) is 25.6 Å². The maximum Gasteiger partial charge on any atom is 0.322 e. The number of amides is 4. The molecular weight excluding hydrogens is 391 g/mol. The second kappa shape index (κ2) is 7.66. The molecule has 8 nitrogen and oxygen atoms in total. The number of likely N-dealkylation sites (N-methyl/N-ethyl adjacent to an activating group) is 1.